The second kappa shape index (κ2) is 12.1. The van der Waals surface area contributed by atoms with E-state index in [4.69, 9.17) is 21.2 Å². The third-order valence-electron chi connectivity index (χ3n) is 6.52. The van der Waals surface area contributed by atoms with E-state index < -0.39 is 25.9 Å². The molecule has 1 aliphatic rings. The van der Waals surface area contributed by atoms with Crippen LogP contribution in [0.25, 0.3) is 22.2 Å². The summed E-state index contributed by atoms with van der Waals surface area (Å²) in [5.41, 5.74) is 2.74. The topological polar surface area (TPSA) is 81.5 Å². The summed E-state index contributed by atoms with van der Waals surface area (Å²) in [4.78, 5) is 26.9. The second-order valence-corrected chi connectivity index (χ2v) is 16.7. The van der Waals surface area contributed by atoms with Gasteiger partial charge in [0.15, 0.2) is 0 Å². The van der Waals surface area contributed by atoms with Crippen LogP contribution >= 0.6 is 11.6 Å². The van der Waals surface area contributed by atoms with Crippen molar-refractivity contribution >= 4 is 42.6 Å². The quantitative estimate of drug-likeness (QED) is 0.125. The Balaban J connectivity index is 1.67. The van der Waals surface area contributed by atoms with Crippen LogP contribution in [0.1, 0.15) is 30.4 Å². The molecule has 1 amide bonds. The molecule has 2 aromatic heterocycles. The monoisotopic (exact) mass is 583 g/mol. The van der Waals surface area contributed by atoms with Gasteiger partial charge in [-0.05, 0) is 36.9 Å². The van der Waals surface area contributed by atoms with Crippen molar-refractivity contribution in [1.82, 2.24) is 19.4 Å². The second-order valence-electron chi connectivity index (χ2n) is 10.8. The number of ether oxygens (including phenoxy) is 1. The Morgan fingerprint density at radius 2 is 1.92 bits per heavy atom. The molecule has 1 fully saturated rings. The Morgan fingerprint density at radius 3 is 2.59 bits per heavy atom. The molecule has 0 spiro atoms. The molecule has 0 bridgehead atoms. The summed E-state index contributed by atoms with van der Waals surface area (Å²) in [6, 6.07) is 6.29. The van der Waals surface area contributed by atoms with Gasteiger partial charge in [-0.3, -0.25) is 0 Å². The van der Waals surface area contributed by atoms with Crippen LogP contribution < -0.4 is 5.48 Å². The summed E-state index contributed by atoms with van der Waals surface area (Å²) in [6.07, 6.45) is -0.276. The van der Waals surface area contributed by atoms with E-state index in [0.29, 0.717) is 36.8 Å². The zero-order chi connectivity index (χ0) is 28.2. The van der Waals surface area contributed by atoms with Crippen LogP contribution in [0, 0.1) is 0 Å². The van der Waals surface area contributed by atoms with Gasteiger partial charge < -0.3 is 19.0 Å². The fourth-order valence-corrected chi connectivity index (χ4v) is 5.25. The van der Waals surface area contributed by atoms with Crippen molar-refractivity contribution in [3.63, 3.8) is 0 Å². The summed E-state index contributed by atoms with van der Waals surface area (Å²) in [5, 5.41) is 0.554. The minimum Gasteiger partial charge on any atom is -0.361 e. The van der Waals surface area contributed by atoms with E-state index in [1.54, 1.807) is 22.9 Å². The maximum Gasteiger partial charge on any atom is 0.434 e. The lowest BCUT2D eigenvalue weighted by Gasteiger charge is -2.25. The van der Waals surface area contributed by atoms with Gasteiger partial charge in [0.05, 0.1) is 11.2 Å². The molecule has 0 radical (unpaired) electrons. The van der Waals surface area contributed by atoms with Crippen molar-refractivity contribution in [2.45, 2.75) is 63.7 Å². The van der Waals surface area contributed by atoms with Crippen LogP contribution in [0.15, 0.2) is 30.6 Å². The molecular weight excluding hydrogens is 551 g/mol. The van der Waals surface area contributed by atoms with Gasteiger partial charge in [-0.1, -0.05) is 31.8 Å². The first-order valence-electron chi connectivity index (χ1n) is 12.9. The highest BCUT2D eigenvalue weighted by Gasteiger charge is 2.36. The molecule has 212 valence electrons. The van der Waals surface area contributed by atoms with Crippen molar-refractivity contribution in [2.75, 3.05) is 25.2 Å². The van der Waals surface area contributed by atoms with Crippen LogP contribution in [0.2, 0.25) is 25.7 Å². The number of benzene rings is 1. The number of halogens is 4. The maximum atomic E-state index is 14.1. The van der Waals surface area contributed by atoms with Gasteiger partial charge in [-0.15, -0.1) is 11.6 Å². The summed E-state index contributed by atoms with van der Waals surface area (Å²) in [7, 11) is -1.31. The molecule has 1 N–H and O–H groups in total. The first-order chi connectivity index (χ1) is 18.5. The molecule has 8 nitrogen and oxygen atoms in total. The lowest BCUT2D eigenvalue weighted by atomic mass is 10.0. The molecule has 0 aliphatic carbocycles. The number of nitrogens with zero attached hydrogens (tertiary/aromatic N) is 4. The van der Waals surface area contributed by atoms with Crippen LogP contribution in [0.4, 0.5) is 23.9 Å². The molecule has 0 atom stereocenters. The number of alkyl halides is 4. The number of piperidine rings is 1. The number of fused-ring (bicyclic) bond motifs is 1. The van der Waals surface area contributed by atoms with Gasteiger partial charge >= 0.3 is 12.3 Å². The van der Waals surface area contributed by atoms with Crippen molar-refractivity contribution < 1.29 is 27.5 Å². The van der Waals surface area contributed by atoms with Gasteiger partial charge in [0, 0.05) is 57.0 Å². The highest BCUT2D eigenvalue weighted by molar-refractivity contribution is 6.76. The summed E-state index contributed by atoms with van der Waals surface area (Å²) < 4.78 is 49.9. The van der Waals surface area contributed by atoms with Crippen LogP contribution in [0.3, 0.4) is 0 Å². The molecule has 1 saturated heterocycles. The fourth-order valence-electron chi connectivity index (χ4n) is 4.33. The fraction of sp³-hybridized carbons (Fsp3) is 0.500. The number of aromatic nitrogens is 3. The van der Waals surface area contributed by atoms with E-state index in [2.05, 4.69) is 35.1 Å². The zero-order valence-corrected chi connectivity index (χ0v) is 24.0. The molecule has 13 heteroatoms. The van der Waals surface area contributed by atoms with Gasteiger partial charge in [0.2, 0.25) is 0 Å². The van der Waals surface area contributed by atoms with Gasteiger partial charge in [-0.25, -0.2) is 14.8 Å². The Bertz CT molecular complexity index is 1310. The van der Waals surface area contributed by atoms with Crippen molar-refractivity contribution in [3.05, 3.63) is 41.7 Å². The molecule has 1 aromatic carbocycles. The third-order valence-corrected chi connectivity index (χ3v) is 8.53. The van der Waals surface area contributed by atoms with E-state index in [-0.39, 0.29) is 29.8 Å². The van der Waals surface area contributed by atoms with Crippen molar-refractivity contribution in [1.29, 1.82) is 0 Å². The van der Waals surface area contributed by atoms with E-state index in [1.807, 2.05) is 6.07 Å². The van der Waals surface area contributed by atoms with E-state index in [1.165, 1.54) is 4.90 Å². The van der Waals surface area contributed by atoms with Crippen LogP contribution in [0.5, 0.6) is 0 Å². The SMILES string of the molecule is C[Si](C)(C)CCOCn1cc(-c2nc(NOC(=O)N3CCCCC3)ncc2C(F)(F)F)c2ccc(CCl)cc21. The first-order valence-corrected chi connectivity index (χ1v) is 17.1. The number of carbonyl (C=O) groups excluding carboxylic acids is 1. The lowest BCUT2D eigenvalue weighted by Crippen LogP contribution is -2.37. The molecule has 1 aliphatic heterocycles. The molecule has 0 saturated carbocycles. The van der Waals surface area contributed by atoms with E-state index in [9.17, 15) is 18.0 Å². The molecule has 3 heterocycles. The molecule has 39 heavy (non-hydrogen) atoms. The highest BCUT2D eigenvalue weighted by Crippen LogP contribution is 2.39. The largest absolute Gasteiger partial charge is 0.434 e. The summed E-state index contributed by atoms with van der Waals surface area (Å²) in [5.74, 6) is -0.00180. The summed E-state index contributed by atoms with van der Waals surface area (Å²) >= 11 is 6.04. The average Bonchev–Trinajstić information content (AvgIpc) is 3.26. The van der Waals surface area contributed by atoms with E-state index >= 15 is 0 Å². The lowest BCUT2D eigenvalue weighted by molar-refractivity contribution is -0.137. The number of hydrogen-bond acceptors (Lipinski definition) is 6. The predicted molar refractivity (Wildman–Crippen MR) is 147 cm³/mol. The smallest absolute Gasteiger partial charge is 0.361 e. The normalized spacial score (nSPS) is 14.6. The maximum absolute atomic E-state index is 14.1. The third kappa shape index (κ3) is 7.43. The Kier molecular flexibility index (Phi) is 9.07. The Hall–Kier alpha value is -2.83. The number of likely N-dealkylation sites (tertiary alicyclic amines) is 1. The first kappa shape index (κ1) is 29.2. The molecular formula is C26H33ClF3N5O3Si. The standard InChI is InChI=1S/C26H33ClF3N5O3Si/c1-39(2,3)12-11-37-17-35-16-20(19-8-7-18(14-27)13-22(19)35)23-21(26(28,29)30)15-31-24(32-23)33-38-25(36)34-9-5-4-6-10-34/h7-8,13,15-16H,4-6,9-12,14,17H2,1-3H3,(H,31,32,33). The molecule has 4 rings (SSSR count). The van der Waals surface area contributed by atoms with Gasteiger partial charge in [0.25, 0.3) is 5.95 Å². The van der Waals surface area contributed by atoms with Gasteiger partial charge in [-0.2, -0.15) is 18.7 Å². The Labute approximate surface area is 231 Å². The molecule has 0 unspecified atom stereocenters. The number of rotatable bonds is 9. The minimum absolute atomic E-state index is 0.164. The Morgan fingerprint density at radius 1 is 1.18 bits per heavy atom. The number of nitrogens with one attached hydrogen (secondary N) is 1. The van der Waals surface area contributed by atoms with Gasteiger partial charge in [0.1, 0.15) is 12.3 Å². The predicted octanol–water partition coefficient (Wildman–Crippen LogP) is 7.12. The van der Waals surface area contributed by atoms with Crippen molar-refractivity contribution in [3.8, 4) is 11.3 Å². The van der Waals surface area contributed by atoms with Crippen molar-refractivity contribution in [2.24, 2.45) is 0 Å². The molecule has 3 aromatic rings. The number of carbonyl (C=O) groups is 1. The highest BCUT2D eigenvalue weighted by atomic mass is 35.5. The zero-order valence-electron chi connectivity index (χ0n) is 22.3. The van der Waals surface area contributed by atoms with E-state index in [0.717, 1.165) is 30.9 Å². The van der Waals surface area contributed by atoms with Crippen LogP contribution in [-0.2, 0) is 28.4 Å². The number of hydrogen-bond donors (Lipinski definition) is 1. The number of anilines is 1. The van der Waals surface area contributed by atoms with Crippen LogP contribution in [-0.4, -0.2) is 53.3 Å². The summed E-state index contributed by atoms with van der Waals surface area (Å²) in [6.45, 7) is 8.57. The average molecular weight is 584 g/mol. The minimum atomic E-state index is -4.71. The number of amides is 1.